The molecule has 0 aliphatic carbocycles. The van der Waals surface area contributed by atoms with Crippen molar-refractivity contribution in [2.45, 2.75) is 37.8 Å². The molecular weight excluding hydrogens is 252 g/mol. The summed E-state index contributed by atoms with van der Waals surface area (Å²) in [5, 5.41) is 0. The summed E-state index contributed by atoms with van der Waals surface area (Å²) in [7, 11) is 4.28. The molecule has 2 fully saturated rings. The van der Waals surface area contributed by atoms with Crippen LogP contribution in [-0.2, 0) is 4.74 Å². The van der Waals surface area contributed by atoms with E-state index >= 15 is 0 Å². The average molecular weight is 276 g/mol. The molecule has 2 aliphatic rings. The Bertz CT molecular complexity index is 451. The van der Waals surface area contributed by atoms with E-state index in [1.54, 1.807) is 0 Å². The predicted molar refractivity (Wildman–Crippen MR) is 79.0 cm³/mol. The summed E-state index contributed by atoms with van der Waals surface area (Å²) >= 11 is 0. The molecular formula is C15H24N4O. The van der Waals surface area contributed by atoms with Crippen molar-refractivity contribution in [3.63, 3.8) is 0 Å². The van der Waals surface area contributed by atoms with Crippen LogP contribution in [0.3, 0.4) is 0 Å². The number of anilines is 1. The van der Waals surface area contributed by atoms with Crippen LogP contribution in [0.2, 0.25) is 0 Å². The smallest absolute Gasteiger partial charge is 0.225 e. The third-order valence-corrected chi connectivity index (χ3v) is 4.64. The fourth-order valence-corrected chi connectivity index (χ4v) is 3.16. The number of piperidine rings is 1. The lowest BCUT2D eigenvalue weighted by Crippen LogP contribution is -2.45. The van der Waals surface area contributed by atoms with Crippen LogP contribution in [0.15, 0.2) is 12.4 Å². The van der Waals surface area contributed by atoms with Crippen molar-refractivity contribution >= 4 is 5.95 Å². The Kier molecular flexibility index (Phi) is 3.65. The molecule has 1 aromatic heterocycles. The van der Waals surface area contributed by atoms with Gasteiger partial charge in [-0.3, -0.25) is 0 Å². The Balaban J connectivity index is 1.61. The predicted octanol–water partition coefficient (Wildman–Crippen LogP) is 1.47. The van der Waals surface area contributed by atoms with Crippen LogP contribution in [0.4, 0.5) is 5.95 Å². The molecule has 1 spiro atoms. The maximum atomic E-state index is 6.15. The molecule has 1 aromatic rings. The van der Waals surface area contributed by atoms with Gasteiger partial charge < -0.3 is 14.5 Å². The van der Waals surface area contributed by atoms with E-state index in [1.165, 1.54) is 0 Å². The minimum absolute atomic E-state index is 0.0934. The van der Waals surface area contributed by atoms with Crippen LogP contribution >= 0.6 is 0 Å². The first-order valence-corrected chi connectivity index (χ1v) is 7.42. The minimum atomic E-state index is 0.0934. The summed E-state index contributed by atoms with van der Waals surface area (Å²) in [4.78, 5) is 13.4. The van der Waals surface area contributed by atoms with Gasteiger partial charge in [-0.1, -0.05) is 0 Å². The van der Waals surface area contributed by atoms with Crippen LogP contribution < -0.4 is 4.90 Å². The Labute approximate surface area is 121 Å². The molecule has 5 heteroatoms. The van der Waals surface area contributed by atoms with Gasteiger partial charge in [0.2, 0.25) is 5.95 Å². The lowest BCUT2D eigenvalue weighted by atomic mass is 9.87. The van der Waals surface area contributed by atoms with Crippen molar-refractivity contribution in [1.29, 1.82) is 0 Å². The van der Waals surface area contributed by atoms with Gasteiger partial charge in [0.1, 0.15) is 0 Å². The summed E-state index contributed by atoms with van der Waals surface area (Å²) in [6.45, 7) is 4.86. The molecule has 1 atom stereocenters. The Morgan fingerprint density at radius 3 is 2.45 bits per heavy atom. The molecule has 5 nitrogen and oxygen atoms in total. The molecule has 0 amide bonds. The number of hydrogen-bond donors (Lipinski definition) is 0. The van der Waals surface area contributed by atoms with E-state index in [0.717, 1.165) is 50.5 Å². The highest BCUT2D eigenvalue weighted by Crippen LogP contribution is 2.37. The topological polar surface area (TPSA) is 41.5 Å². The van der Waals surface area contributed by atoms with Crippen molar-refractivity contribution in [2.24, 2.45) is 0 Å². The quantitative estimate of drug-likeness (QED) is 0.818. The number of likely N-dealkylation sites (N-methyl/N-ethyl adjacent to an activating group) is 1. The van der Waals surface area contributed by atoms with E-state index in [4.69, 9.17) is 4.74 Å². The average Bonchev–Trinajstić information content (AvgIpc) is 2.85. The van der Waals surface area contributed by atoms with Crippen molar-refractivity contribution < 1.29 is 4.74 Å². The molecule has 2 aliphatic heterocycles. The Morgan fingerprint density at radius 2 is 1.90 bits per heavy atom. The van der Waals surface area contributed by atoms with Crippen molar-refractivity contribution in [2.75, 3.05) is 38.7 Å². The molecule has 0 unspecified atom stereocenters. The van der Waals surface area contributed by atoms with Gasteiger partial charge in [0, 0.05) is 31.5 Å². The zero-order chi connectivity index (χ0) is 14.2. The van der Waals surface area contributed by atoms with E-state index in [0.29, 0.717) is 6.04 Å². The number of nitrogens with zero attached hydrogens (tertiary/aromatic N) is 4. The number of rotatable bonds is 2. The number of aromatic nitrogens is 2. The van der Waals surface area contributed by atoms with Gasteiger partial charge in [0.15, 0.2) is 0 Å². The SMILES string of the molecule is Cc1cnc(N2CCC3(CC2)C[C@H](N(C)C)CO3)nc1. The van der Waals surface area contributed by atoms with Gasteiger partial charge in [-0.25, -0.2) is 9.97 Å². The second-order valence-electron chi connectivity index (χ2n) is 6.36. The monoisotopic (exact) mass is 276 g/mol. The van der Waals surface area contributed by atoms with Crippen molar-refractivity contribution in [3.8, 4) is 0 Å². The van der Waals surface area contributed by atoms with E-state index in [1.807, 2.05) is 19.3 Å². The van der Waals surface area contributed by atoms with Crippen LogP contribution in [0, 0.1) is 6.92 Å². The summed E-state index contributed by atoms with van der Waals surface area (Å²) < 4.78 is 6.15. The Hall–Kier alpha value is -1.20. The third-order valence-electron chi connectivity index (χ3n) is 4.64. The fourth-order valence-electron chi connectivity index (χ4n) is 3.16. The number of aryl methyl sites for hydroxylation is 1. The van der Waals surface area contributed by atoms with Crippen LogP contribution in [-0.4, -0.2) is 60.3 Å². The Morgan fingerprint density at radius 1 is 1.25 bits per heavy atom. The maximum Gasteiger partial charge on any atom is 0.225 e. The van der Waals surface area contributed by atoms with Gasteiger partial charge >= 0.3 is 0 Å². The van der Waals surface area contributed by atoms with Gasteiger partial charge in [-0.2, -0.15) is 0 Å². The van der Waals surface area contributed by atoms with Gasteiger partial charge in [0.25, 0.3) is 0 Å². The summed E-state index contributed by atoms with van der Waals surface area (Å²) in [6, 6.07) is 0.567. The normalized spacial score (nSPS) is 25.6. The molecule has 0 bridgehead atoms. The summed E-state index contributed by atoms with van der Waals surface area (Å²) in [5.74, 6) is 0.854. The van der Waals surface area contributed by atoms with Gasteiger partial charge in [0.05, 0.1) is 12.2 Å². The number of hydrogen-bond acceptors (Lipinski definition) is 5. The van der Waals surface area contributed by atoms with E-state index in [2.05, 4.69) is 33.9 Å². The van der Waals surface area contributed by atoms with Crippen LogP contribution in [0.5, 0.6) is 0 Å². The molecule has 0 saturated carbocycles. The van der Waals surface area contributed by atoms with E-state index in [9.17, 15) is 0 Å². The first kappa shape index (κ1) is 13.8. The van der Waals surface area contributed by atoms with Crippen molar-refractivity contribution in [3.05, 3.63) is 18.0 Å². The van der Waals surface area contributed by atoms with Gasteiger partial charge in [-0.15, -0.1) is 0 Å². The molecule has 2 saturated heterocycles. The largest absolute Gasteiger partial charge is 0.373 e. The molecule has 3 rings (SSSR count). The lowest BCUT2D eigenvalue weighted by molar-refractivity contribution is -0.0157. The van der Waals surface area contributed by atoms with Crippen LogP contribution in [0.1, 0.15) is 24.8 Å². The molecule has 0 radical (unpaired) electrons. The molecule has 0 N–H and O–H groups in total. The fraction of sp³-hybridized carbons (Fsp3) is 0.733. The highest BCUT2D eigenvalue weighted by molar-refractivity contribution is 5.31. The summed E-state index contributed by atoms with van der Waals surface area (Å²) in [6.07, 6.45) is 7.09. The second kappa shape index (κ2) is 5.30. The molecule has 110 valence electrons. The highest BCUT2D eigenvalue weighted by atomic mass is 16.5. The lowest BCUT2D eigenvalue weighted by Gasteiger charge is -2.38. The summed E-state index contributed by atoms with van der Waals surface area (Å²) in [5.41, 5.74) is 1.20. The molecule has 3 heterocycles. The van der Waals surface area contributed by atoms with E-state index in [-0.39, 0.29) is 5.60 Å². The van der Waals surface area contributed by atoms with Crippen molar-refractivity contribution in [1.82, 2.24) is 14.9 Å². The first-order valence-electron chi connectivity index (χ1n) is 7.42. The first-order chi connectivity index (χ1) is 9.58. The standard InChI is InChI=1S/C15H24N4O/c1-12-9-16-14(17-10-12)19-6-4-15(5-7-19)8-13(11-20-15)18(2)3/h9-10,13H,4-8,11H2,1-3H3/t13-/m0/s1. The molecule has 20 heavy (non-hydrogen) atoms. The second-order valence-corrected chi connectivity index (χ2v) is 6.36. The zero-order valence-corrected chi connectivity index (χ0v) is 12.7. The number of ether oxygens (including phenoxy) is 1. The maximum absolute atomic E-state index is 6.15. The minimum Gasteiger partial charge on any atom is -0.373 e. The highest BCUT2D eigenvalue weighted by Gasteiger charge is 2.43. The van der Waals surface area contributed by atoms with Crippen LogP contribution in [0.25, 0.3) is 0 Å². The van der Waals surface area contributed by atoms with E-state index < -0.39 is 0 Å². The van der Waals surface area contributed by atoms with Gasteiger partial charge in [-0.05, 0) is 45.8 Å². The third kappa shape index (κ3) is 2.65. The molecule has 0 aromatic carbocycles. The zero-order valence-electron chi connectivity index (χ0n) is 12.7.